The van der Waals surface area contributed by atoms with Gasteiger partial charge >= 0.3 is 6.09 Å². The summed E-state index contributed by atoms with van der Waals surface area (Å²) in [6.07, 6.45) is 1.78. The SMILES string of the molecule is COC(=O)Nc1nccc(-c2ccc(OC[C@@](C)(N)CC(C)C)c(C)n2)n1. The molecule has 2 aromatic rings. The first-order chi connectivity index (χ1) is 12.7. The van der Waals surface area contributed by atoms with Gasteiger partial charge < -0.3 is 15.2 Å². The molecule has 0 radical (unpaired) electrons. The monoisotopic (exact) mass is 373 g/mol. The molecule has 0 saturated carbocycles. The molecule has 3 N–H and O–H groups in total. The van der Waals surface area contributed by atoms with Crippen molar-refractivity contribution in [2.24, 2.45) is 11.7 Å². The van der Waals surface area contributed by atoms with E-state index >= 15 is 0 Å². The van der Waals surface area contributed by atoms with Crippen LogP contribution in [-0.2, 0) is 4.74 Å². The molecule has 8 nitrogen and oxygen atoms in total. The van der Waals surface area contributed by atoms with Crippen molar-refractivity contribution in [3.63, 3.8) is 0 Å². The molecule has 2 aromatic heterocycles. The number of nitrogens with two attached hydrogens (primary N) is 1. The molecule has 1 amide bonds. The second-order valence-corrected chi connectivity index (χ2v) is 7.20. The maximum Gasteiger partial charge on any atom is 0.413 e. The number of methoxy groups -OCH3 is 1. The molecule has 0 unspecified atom stereocenters. The van der Waals surface area contributed by atoms with Crippen LogP contribution in [0.15, 0.2) is 24.4 Å². The molecule has 0 bridgehead atoms. The van der Waals surface area contributed by atoms with Gasteiger partial charge in [0.15, 0.2) is 0 Å². The van der Waals surface area contributed by atoms with Crippen molar-refractivity contribution in [2.45, 2.75) is 39.7 Å². The Morgan fingerprint density at radius 2 is 1.96 bits per heavy atom. The fraction of sp³-hybridized carbons (Fsp3) is 0.474. The zero-order valence-electron chi connectivity index (χ0n) is 16.4. The summed E-state index contributed by atoms with van der Waals surface area (Å²) in [5, 5.41) is 2.43. The molecule has 0 spiro atoms. The molecule has 0 saturated heterocycles. The van der Waals surface area contributed by atoms with Crippen LogP contribution in [0.5, 0.6) is 5.75 Å². The number of ether oxygens (including phenoxy) is 2. The zero-order chi connectivity index (χ0) is 20.0. The first kappa shape index (κ1) is 20.6. The fourth-order valence-electron chi connectivity index (χ4n) is 2.78. The summed E-state index contributed by atoms with van der Waals surface area (Å²) in [7, 11) is 1.27. The number of amides is 1. The number of hydrogen-bond donors (Lipinski definition) is 2. The summed E-state index contributed by atoms with van der Waals surface area (Å²) < 4.78 is 10.4. The predicted molar refractivity (Wildman–Crippen MR) is 104 cm³/mol. The Morgan fingerprint density at radius 1 is 1.26 bits per heavy atom. The molecule has 0 aliphatic heterocycles. The molecule has 1 atom stereocenters. The average molecular weight is 373 g/mol. The summed E-state index contributed by atoms with van der Waals surface area (Å²) in [6.45, 7) is 8.54. The van der Waals surface area contributed by atoms with Crippen LogP contribution in [0.2, 0.25) is 0 Å². The lowest BCUT2D eigenvalue weighted by atomic mass is 9.93. The van der Waals surface area contributed by atoms with Gasteiger partial charge in [0.1, 0.15) is 12.4 Å². The van der Waals surface area contributed by atoms with Crippen LogP contribution in [0.25, 0.3) is 11.4 Å². The normalized spacial score (nSPS) is 13.1. The molecule has 2 heterocycles. The molecule has 146 valence electrons. The highest BCUT2D eigenvalue weighted by Crippen LogP contribution is 2.23. The molecule has 27 heavy (non-hydrogen) atoms. The van der Waals surface area contributed by atoms with Gasteiger partial charge in [-0.05, 0) is 44.4 Å². The first-order valence-electron chi connectivity index (χ1n) is 8.78. The number of carbonyl (C=O) groups excluding carboxylic acids is 1. The van der Waals surface area contributed by atoms with Gasteiger partial charge in [-0.3, -0.25) is 5.32 Å². The van der Waals surface area contributed by atoms with Crippen LogP contribution in [0.4, 0.5) is 10.7 Å². The molecule has 0 fully saturated rings. The van der Waals surface area contributed by atoms with E-state index < -0.39 is 11.6 Å². The number of pyridine rings is 1. The Hall–Kier alpha value is -2.74. The lowest BCUT2D eigenvalue weighted by molar-refractivity contribution is 0.186. The third-order valence-corrected chi connectivity index (χ3v) is 3.79. The highest BCUT2D eigenvalue weighted by Gasteiger charge is 2.21. The molecule has 8 heteroatoms. The topological polar surface area (TPSA) is 112 Å². The van der Waals surface area contributed by atoms with Crippen molar-refractivity contribution in [2.75, 3.05) is 19.0 Å². The molecular weight excluding hydrogens is 346 g/mol. The number of nitrogens with zero attached hydrogens (tertiary/aromatic N) is 3. The van der Waals surface area contributed by atoms with Crippen molar-refractivity contribution in [3.8, 4) is 17.1 Å². The number of carbonyl (C=O) groups is 1. The maximum absolute atomic E-state index is 11.3. The van der Waals surface area contributed by atoms with E-state index in [2.05, 4.69) is 38.9 Å². The third-order valence-electron chi connectivity index (χ3n) is 3.79. The van der Waals surface area contributed by atoms with Crippen molar-refractivity contribution in [3.05, 3.63) is 30.1 Å². The van der Waals surface area contributed by atoms with Crippen molar-refractivity contribution in [1.82, 2.24) is 15.0 Å². The van der Waals surface area contributed by atoms with Crippen LogP contribution in [0.3, 0.4) is 0 Å². The summed E-state index contributed by atoms with van der Waals surface area (Å²) in [5.41, 5.74) is 7.85. The van der Waals surface area contributed by atoms with Gasteiger partial charge in [0, 0.05) is 11.7 Å². The third kappa shape index (κ3) is 6.18. The maximum atomic E-state index is 11.3. The Labute approximate surface area is 159 Å². The van der Waals surface area contributed by atoms with Gasteiger partial charge in [-0.25, -0.2) is 19.7 Å². The fourth-order valence-corrected chi connectivity index (χ4v) is 2.78. The minimum atomic E-state index is -0.633. The lowest BCUT2D eigenvalue weighted by Gasteiger charge is -2.26. The van der Waals surface area contributed by atoms with Gasteiger partial charge in [0.05, 0.1) is 24.2 Å². The Morgan fingerprint density at radius 3 is 2.59 bits per heavy atom. The van der Waals surface area contributed by atoms with E-state index in [0.717, 1.165) is 12.1 Å². The summed E-state index contributed by atoms with van der Waals surface area (Å²) in [6, 6.07) is 5.37. The Kier molecular flexibility index (Phi) is 6.68. The number of rotatable bonds is 7. The van der Waals surface area contributed by atoms with Crippen molar-refractivity contribution >= 4 is 12.0 Å². The first-order valence-corrected chi connectivity index (χ1v) is 8.78. The second-order valence-electron chi connectivity index (χ2n) is 7.20. The minimum Gasteiger partial charge on any atom is -0.490 e. The summed E-state index contributed by atoms with van der Waals surface area (Å²) >= 11 is 0. The molecule has 0 aliphatic rings. The quantitative estimate of drug-likeness (QED) is 0.766. The van der Waals surface area contributed by atoms with Crippen LogP contribution in [0.1, 0.15) is 32.9 Å². The summed E-state index contributed by atoms with van der Waals surface area (Å²) in [4.78, 5) is 24.1. The predicted octanol–water partition coefficient (Wildman–Crippen LogP) is 3.17. The molecule has 0 aromatic carbocycles. The standard InChI is InChI=1S/C19H27N5O3/c1-12(2)10-19(4,20)11-27-16-7-6-14(22-13(16)3)15-8-9-21-17(23-15)24-18(25)26-5/h6-9,12H,10-11,20H2,1-5H3,(H,21,23,24,25)/t19-/m0/s1. The second kappa shape index (κ2) is 8.77. The van der Waals surface area contributed by atoms with E-state index in [1.54, 1.807) is 12.3 Å². The van der Waals surface area contributed by atoms with Gasteiger partial charge in [-0.2, -0.15) is 0 Å². The highest BCUT2D eigenvalue weighted by molar-refractivity contribution is 5.82. The number of anilines is 1. The van der Waals surface area contributed by atoms with E-state index in [4.69, 9.17) is 10.5 Å². The molecule has 0 aliphatic carbocycles. The number of aromatic nitrogens is 3. The van der Waals surface area contributed by atoms with Crippen LogP contribution in [0, 0.1) is 12.8 Å². The van der Waals surface area contributed by atoms with Crippen molar-refractivity contribution in [1.29, 1.82) is 0 Å². The molecule has 2 rings (SSSR count). The van der Waals surface area contributed by atoms with Gasteiger partial charge in [0.25, 0.3) is 0 Å². The van der Waals surface area contributed by atoms with Crippen LogP contribution in [-0.4, -0.2) is 40.3 Å². The highest BCUT2D eigenvalue weighted by atomic mass is 16.5. The van der Waals surface area contributed by atoms with Crippen LogP contribution < -0.4 is 15.8 Å². The van der Waals surface area contributed by atoms with Gasteiger partial charge in [-0.15, -0.1) is 0 Å². The average Bonchev–Trinajstić information content (AvgIpc) is 2.59. The largest absolute Gasteiger partial charge is 0.490 e. The Balaban J connectivity index is 2.12. The van der Waals surface area contributed by atoms with Gasteiger partial charge in [0.2, 0.25) is 5.95 Å². The van der Waals surface area contributed by atoms with Gasteiger partial charge in [-0.1, -0.05) is 13.8 Å². The van der Waals surface area contributed by atoms with Crippen LogP contribution >= 0.6 is 0 Å². The van der Waals surface area contributed by atoms with E-state index in [1.165, 1.54) is 7.11 Å². The lowest BCUT2D eigenvalue weighted by Crippen LogP contribution is -2.43. The number of hydrogen-bond acceptors (Lipinski definition) is 7. The zero-order valence-corrected chi connectivity index (χ0v) is 16.4. The minimum absolute atomic E-state index is 0.145. The number of nitrogens with one attached hydrogen (secondary N) is 1. The van der Waals surface area contributed by atoms with E-state index in [-0.39, 0.29) is 5.95 Å². The van der Waals surface area contributed by atoms with E-state index in [0.29, 0.717) is 29.7 Å². The molecular formula is C19H27N5O3. The number of aryl methyl sites for hydroxylation is 1. The van der Waals surface area contributed by atoms with Crippen molar-refractivity contribution < 1.29 is 14.3 Å². The summed E-state index contributed by atoms with van der Waals surface area (Å²) in [5.74, 6) is 1.32. The van der Waals surface area contributed by atoms with E-state index in [1.807, 2.05) is 26.0 Å². The van der Waals surface area contributed by atoms with E-state index in [9.17, 15) is 4.79 Å². The Bertz CT molecular complexity index is 793. The smallest absolute Gasteiger partial charge is 0.413 e.